The van der Waals surface area contributed by atoms with Gasteiger partial charge in [-0.2, -0.15) is 0 Å². The molecule has 0 spiro atoms. The minimum atomic E-state index is -0.106. The number of nitrogens with zero attached hydrogens (tertiary/aromatic N) is 1. The SMILES string of the molecule is COCCN1COc2c(cc3c(c2C)O/C(=C\c2ccc(OC)cc2)C3=O)C1. The lowest BCUT2D eigenvalue weighted by Crippen LogP contribution is -2.34. The van der Waals surface area contributed by atoms with Crippen LogP contribution in [0.2, 0.25) is 0 Å². The highest BCUT2D eigenvalue weighted by molar-refractivity contribution is 6.15. The second-order valence-corrected chi connectivity index (χ2v) is 6.90. The van der Waals surface area contributed by atoms with E-state index >= 15 is 0 Å². The summed E-state index contributed by atoms with van der Waals surface area (Å²) in [6, 6.07) is 9.38. The summed E-state index contributed by atoms with van der Waals surface area (Å²) >= 11 is 0. The Kier molecular flexibility index (Phi) is 5.07. The summed E-state index contributed by atoms with van der Waals surface area (Å²) in [5.41, 5.74) is 3.33. The van der Waals surface area contributed by atoms with Gasteiger partial charge in [0, 0.05) is 31.3 Å². The molecule has 0 amide bonds. The maximum atomic E-state index is 12.9. The van der Waals surface area contributed by atoms with E-state index in [-0.39, 0.29) is 5.78 Å². The highest BCUT2D eigenvalue weighted by atomic mass is 16.5. The van der Waals surface area contributed by atoms with Crippen LogP contribution < -0.4 is 14.2 Å². The van der Waals surface area contributed by atoms with Crippen LogP contribution in [-0.2, 0) is 11.3 Å². The third kappa shape index (κ3) is 3.37. The molecule has 0 aliphatic carbocycles. The summed E-state index contributed by atoms with van der Waals surface area (Å²) in [4.78, 5) is 15.1. The number of Topliss-reactive ketones (excluding diaryl/α,β-unsaturated/α-hetero) is 1. The number of methoxy groups -OCH3 is 2. The van der Waals surface area contributed by atoms with Crippen molar-refractivity contribution in [1.29, 1.82) is 0 Å². The third-order valence-electron chi connectivity index (χ3n) is 5.03. The van der Waals surface area contributed by atoms with E-state index in [1.54, 1.807) is 20.3 Å². The number of allylic oxidation sites excluding steroid dienone is 1. The molecule has 0 N–H and O–H groups in total. The first kappa shape index (κ1) is 18.5. The molecule has 146 valence electrons. The highest BCUT2D eigenvalue weighted by Gasteiger charge is 2.33. The molecule has 2 aromatic rings. The van der Waals surface area contributed by atoms with E-state index in [2.05, 4.69) is 4.90 Å². The van der Waals surface area contributed by atoms with Gasteiger partial charge in [-0.05, 0) is 36.8 Å². The van der Waals surface area contributed by atoms with Crippen molar-refractivity contribution in [2.75, 3.05) is 34.1 Å². The molecule has 0 aromatic heterocycles. The Bertz CT molecular complexity index is 933. The maximum Gasteiger partial charge on any atom is 0.231 e. The molecule has 28 heavy (non-hydrogen) atoms. The van der Waals surface area contributed by atoms with Crippen LogP contribution >= 0.6 is 0 Å². The molecule has 4 rings (SSSR count). The molecule has 0 saturated heterocycles. The molecule has 0 fully saturated rings. The summed E-state index contributed by atoms with van der Waals surface area (Å²) < 4.78 is 22.2. The van der Waals surface area contributed by atoms with Crippen LogP contribution in [-0.4, -0.2) is 44.8 Å². The van der Waals surface area contributed by atoms with E-state index in [4.69, 9.17) is 18.9 Å². The van der Waals surface area contributed by atoms with Gasteiger partial charge in [-0.1, -0.05) is 12.1 Å². The molecule has 0 radical (unpaired) electrons. The number of hydrogen-bond donors (Lipinski definition) is 0. The van der Waals surface area contributed by atoms with E-state index < -0.39 is 0 Å². The average molecular weight is 381 g/mol. The fraction of sp³-hybridized carbons (Fsp3) is 0.318. The zero-order valence-electron chi connectivity index (χ0n) is 16.3. The number of carbonyl (C=O) groups is 1. The van der Waals surface area contributed by atoms with Gasteiger partial charge in [0.2, 0.25) is 5.78 Å². The van der Waals surface area contributed by atoms with Crippen LogP contribution in [0.1, 0.15) is 27.0 Å². The summed E-state index contributed by atoms with van der Waals surface area (Å²) in [6.45, 7) is 4.57. The fourth-order valence-corrected chi connectivity index (χ4v) is 3.51. The van der Waals surface area contributed by atoms with Gasteiger partial charge in [-0.25, -0.2) is 0 Å². The summed E-state index contributed by atoms with van der Waals surface area (Å²) in [6.07, 6.45) is 1.76. The van der Waals surface area contributed by atoms with Crippen molar-refractivity contribution in [3.63, 3.8) is 0 Å². The predicted molar refractivity (Wildman–Crippen MR) is 105 cm³/mol. The molecule has 2 aromatic carbocycles. The molecule has 0 atom stereocenters. The van der Waals surface area contributed by atoms with Gasteiger partial charge in [-0.3, -0.25) is 9.69 Å². The number of hydrogen-bond acceptors (Lipinski definition) is 6. The minimum Gasteiger partial charge on any atom is -0.497 e. The third-order valence-corrected chi connectivity index (χ3v) is 5.03. The Morgan fingerprint density at radius 3 is 2.68 bits per heavy atom. The van der Waals surface area contributed by atoms with Gasteiger partial charge in [0.15, 0.2) is 5.76 Å². The molecule has 0 bridgehead atoms. The molecule has 0 saturated carbocycles. The van der Waals surface area contributed by atoms with Gasteiger partial charge in [0.25, 0.3) is 0 Å². The fourth-order valence-electron chi connectivity index (χ4n) is 3.51. The Hall–Kier alpha value is -2.83. The van der Waals surface area contributed by atoms with Crippen LogP contribution in [0.5, 0.6) is 17.2 Å². The average Bonchev–Trinajstić information content (AvgIpc) is 3.03. The number of fused-ring (bicyclic) bond motifs is 2. The van der Waals surface area contributed by atoms with Gasteiger partial charge >= 0.3 is 0 Å². The smallest absolute Gasteiger partial charge is 0.231 e. The Morgan fingerprint density at radius 1 is 1.18 bits per heavy atom. The van der Waals surface area contributed by atoms with Crippen molar-refractivity contribution in [3.05, 3.63) is 58.3 Å². The van der Waals surface area contributed by atoms with E-state index in [9.17, 15) is 4.79 Å². The lowest BCUT2D eigenvalue weighted by Gasteiger charge is -2.30. The Labute approximate surface area is 164 Å². The first-order valence-corrected chi connectivity index (χ1v) is 9.19. The molecule has 2 aliphatic rings. The molecule has 0 unspecified atom stereocenters. The predicted octanol–water partition coefficient (Wildman–Crippen LogP) is 3.42. The zero-order chi connectivity index (χ0) is 19.7. The van der Waals surface area contributed by atoms with E-state index in [1.165, 1.54) is 0 Å². The highest BCUT2D eigenvalue weighted by Crippen LogP contribution is 2.43. The number of carbonyl (C=O) groups excluding carboxylic acids is 1. The second kappa shape index (κ2) is 7.66. The second-order valence-electron chi connectivity index (χ2n) is 6.90. The van der Waals surface area contributed by atoms with E-state index in [1.807, 2.05) is 37.3 Å². The normalized spacial score (nSPS) is 17.1. The van der Waals surface area contributed by atoms with Crippen LogP contribution in [0, 0.1) is 6.92 Å². The van der Waals surface area contributed by atoms with Gasteiger partial charge in [-0.15, -0.1) is 0 Å². The summed E-state index contributed by atoms with van der Waals surface area (Å²) in [5.74, 6) is 2.38. The van der Waals surface area contributed by atoms with E-state index in [0.717, 1.165) is 41.3 Å². The van der Waals surface area contributed by atoms with E-state index in [0.29, 0.717) is 30.4 Å². The van der Waals surface area contributed by atoms with Crippen LogP contribution in [0.4, 0.5) is 0 Å². The summed E-state index contributed by atoms with van der Waals surface area (Å²) in [5, 5.41) is 0. The van der Waals surface area contributed by atoms with Crippen LogP contribution in [0.15, 0.2) is 36.1 Å². The van der Waals surface area contributed by atoms with Crippen LogP contribution in [0.25, 0.3) is 6.08 Å². The van der Waals surface area contributed by atoms with Crippen LogP contribution in [0.3, 0.4) is 0 Å². The van der Waals surface area contributed by atoms with Gasteiger partial charge in [0.05, 0.1) is 19.3 Å². The molecule has 6 heteroatoms. The first-order valence-electron chi connectivity index (χ1n) is 9.19. The maximum absolute atomic E-state index is 12.9. The quantitative estimate of drug-likeness (QED) is 0.740. The monoisotopic (exact) mass is 381 g/mol. The van der Waals surface area contributed by atoms with Crippen molar-refractivity contribution in [1.82, 2.24) is 4.90 Å². The van der Waals surface area contributed by atoms with Gasteiger partial charge in [0.1, 0.15) is 24.0 Å². The zero-order valence-corrected chi connectivity index (χ0v) is 16.3. The summed E-state index contributed by atoms with van der Waals surface area (Å²) in [7, 11) is 3.30. The molecular formula is C22H23NO5. The number of rotatable bonds is 5. The lowest BCUT2D eigenvalue weighted by molar-refractivity contribution is 0.0649. The van der Waals surface area contributed by atoms with Crippen molar-refractivity contribution >= 4 is 11.9 Å². The molecular weight excluding hydrogens is 358 g/mol. The van der Waals surface area contributed by atoms with Crippen molar-refractivity contribution in [2.24, 2.45) is 0 Å². The first-order chi connectivity index (χ1) is 13.6. The van der Waals surface area contributed by atoms with Crippen molar-refractivity contribution in [2.45, 2.75) is 13.5 Å². The molecule has 6 nitrogen and oxygen atoms in total. The lowest BCUT2D eigenvalue weighted by atomic mass is 10.00. The standard InChI is InChI=1S/C22H23NO5/c1-14-21-16(12-23(13-27-21)8-9-25-2)11-18-20(24)19(28-22(14)18)10-15-4-6-17(26-3)7-5-15/h4-7,10-11H,8-9,12-13H2,1-3H3/b19-10-. The van der Waals surface area contributed by atoms with Crippen molar-refractivity contribution < 1.29 is 23.7 Å². The Morgan fingerprint density at radius 2 is 1.96 bits per heavy atom. The number of ether oxygens (including phenoxy) is 4. The van der Waals surface area contributed by atoms with Gasteiger partial charge < -0.3 is 18.9 Å². The number of ketones is 1. The van der Waals surface area contributed by atoms with Crippen molar-refractivity contribution in [3.8, 4) is 17.2 Å². The number of benzene rings is 2. The Balaban J connectivity index is 1.62. The molecule has 2 heterocycles. The minimum absolute atomic E-state index is 0.106. The topological polar surface area (TPSA) is 57.2 Å². The largest absolute Gasteiger partial charge is 0.497 e. The molecule has 2 aliphatic heterocycles.